The molecule has 24 heavy (non-hydrogen) atoms. The molecular formula is C18H34O5P+. The van der Waals surface area contributed by atoms with Gasteiger partial charge in [0.25, 0.3) is 0 Å². The molecule has 6 heteroatoms. The fourth-order valence-corrected chi connectivity index (χ4v) is 2.69. The van der Waals surface area contributed by atoms with Crippen molar-refractivity contribution in [2.75, 3.05) is 13.2 Å². The molecule has 0 atom stereocenters. The van der Waals surface area contributed by atoms with Crippen LogP contribution >= 0.6 is 8.25 Å². The van der Waals surface area contributed by atoms with E-state index in [1.54, 1.807) is 0 Å². The summed E-state index contributed by atoms with van der Waals surface area (Å²) in [5.74, 6) is -0.199. The number of carbonyl (C=O) groups is 2. The zero-order chi connectivity index (χ0) is 18.8. The molecule has 0 aliphatic carbocycles. The van der Waals surface area contributed by atoms with Gasteiger partial charge in [-0.1, -0.05) is 67.2 Å². The number of Topliss-reactive ketones (excluding diaryl/α,β-unsaturated/α-hetero) is 2. The summed E-state index contributed by atoms with van der Waals surface area (Å²) in [6, 6.07) is 0. The van der Waals surface area contributed by atoms with Gasteiger partial charge in [-0.15, -0.1) is 9.05 Å². The van der Waals surface area contributed by atoms with Crippen molar-refractivity contribution in [2.45, 2.75) is 80.1 Å². The van der Waals surface area contributed by atoms with E-state index >= 15 is 0 Å². The van der Waals surface area contributed by atoms with Gasteiger partial charge in [-0.3, -0.25) is 9.59 Å². The molecule has 0 spiro atoms. The third kappa shape index (κ3) is 9.00. The molecule has 0 aromatic rings. The fraction of sp³-hybridized carbons (Fsp3) is 0.889. The van der Waals surface area contributed by atoms with Crippen LogP contribution in [-0.4, -0.2) is 24.8 Å². The van der Waals surface area contributed by atoms with Crippen molar-refractivity contribution >= 4 is 19.8 Å². The van der Waals surface area contributed by atoms with Crippen molar-refractivity contribution in [1.82, 2.24) is 0 Å². The van der Waals surface area contributed by atoms with Crippen LogP contribution in [-0.2, 0) is 23.2 Å². The predicted octanol–water partition coefficient (Wildman–Crippen LogP) is 5.25. The molecule has 0 saturated carbocycles. The van der Waals surface area contributed by atoms with Crippen LogP contribution in [0, 0.1) is 10.8 Å². The normalized spacial score (nSPS) is 12.2. The molecular weight excluding hydrogens is 327 g/mol. The highest BCUT2D eigenvalue weighted by molar-refractivity contribution is 7.33. The summed E-state index contributed by atoms with van der Waals surface area (Å²) in [4.78, 5) is 24.2. The second-order valence-corrected chi connectivity index (χ2v) is 8.56. The lowest BCUT2D eigenvalue weighted by molar-refractivity contribution is -0.130. The van der Waals surface area contributed by atoms with Crippen LogP contribution in [0.1, 0.15) is 80.1 Å². The van der Waals surface area contributed by atoms with E-state index in [9.17, 15) is 14.2 Å². The van der Waals surface area contributed by atoms with Crippen molar-refractivity contribution < 1.29 is 23.2 Å². The van der Waals surface area contributed by atoms with Crippen LogP contribution in [0.4, 0.5) is 0 Å². The molecule has 0 heterocycles. The Morgan fingerprint density at radius 3 is 1.42 bits per heavy atom. The smallest absolute Gasteiger partial charge is 0.296 e. The molecule has 0 aliphatic heterocycles. The zero-order valence-corrected chi connectivity index (χ0v) is 17.0. The number of unbranched alkanes of at least 4 members (excludes halogenated alkanes) is 2. The van der Waals surface area contributed by atoms with Crippen LogP contribution < -0.4 is 0 Å². The van der Waals surface area contributed by atoms with E-state index in [2.05, 4.69) is 13.8 Å². The maximum absolute atomic E-state index is 12.1. The lowest BCUT2D eigenvalue weighted by Gasteiger charge is -2.21. The lowest BCUT2D eigenvalue weighted by Crippen LogP contribution is -2.28. The molecule has 0 saturated heterocycles. The van der Waals surface area contributed by atoms with E-state index in [4.69, 9.17) is 9.05 Å². The molecule has 0 radical (unpaired) electrons. The highest BCUT2D eigenvalue weighted by Gasteiger charge is 2.34. The molecule has 0 aliphatic rings. The molecule has 0 fully saturated rings. The summed E-state index contributed by atoms with van der Waals surface area (Å²) >= 11 is 0. The Labute approximate surface area is 147 Å². The van der Waals surface area contributed by atoms with Gasteiger partial charge in [0.1, 0.15) is 0 Å². The maximum atomic E-state index is 12.1. The van der Waals surface area contributed by atoms with E-state index in [1.807, 2.05) is 27.7 Å². The third-order valence-electron chi connectivity index (χ3n) is 4.42. The molecule has 0 aromatic heterocycles. The molecule has 0 aromatic carbocycles. The number of rotatable bonds is 14. The van der Waals surface area contributed by atoms with Crippen molar-refractivity contribution in [2.24, 2.45) is 10.8 Å². The minimum absolute atomic E-state index is 0.0995. The second-order valence-electron chi connectivity index (χ2n) is 7.59. The third-order valence-corrected chi connectivity index (χ3v) is 5.10. The average Bonchev–Trinajstić information content (AvgIpc) is 2.53. The Balaban J connectivity index is 4.23. The number of carbonyl (C=O) groups excluding carboxylic acids is 2. The largest absolute Gasteiger partial charge is 0.698 e. The van der Waals surface area contributed by atoms with Crippen molar-refractivity contribution in [3.05, 3.63) is 0 Å². The van der Waals surface area contributed by atoms with Crippen molar-refractivity contribution in [1.29, 1.82) is 0 Å². The van der Waals surface area contributed by atoms with Gasteiger partial charge in [0.15, 0.2) is 24.8 Å². The first-order valence-corrected chi connectivity index (χ1v) is 9.96. The Kier molecular flexibility index (Phi) is 10.8. The van der Waals surface area contributed by atoms with E-state index in [0.29, 0.717) is 0 Å². The summed E-state index contributed by atoms with van der Waals surface area (Å²) < 4.78 is 21.7. The van der Waals surface area contributed by atoms with Crippen LogP contribution in [0.3, 0.4) is 0 Å². The number of ketones is 2. The van der Waals surface area contributed by atoms with Gasteiger partial charge in [0.2, 0.25) is 0 Å². The zero-order valence-electron chi connectivity index (χ0n) is 16.1. The minimum Gasteiger partial charge on any atom is -0.296 e. The Hall–Kier alpha value is -0.640. The fourth-order valence-electron chi connectivity index (χ4n) is 2.17. The quantitative estimate of drug-likeness (QED) is 0.395. The summed E-state index contributed by atoms with van der Waals surface area (Å²) in [6.07, 6.45) is 5.50. The van der Waals surface area contributed by atoms with Crippen LogP contribution in [0.2, 0.25) is 0 Å². The van der Waals surface area contributed by atoms with E-state index in [-0.39, 0.29) is 24.8 Å². The predicted molar refractivity (Wildman–Crippen MR) is 96.1 cm³/mol. The van der Waals surface area contributed by atoms with Gasteiger partial charge in [0, 0.05) is 15.4 Å². The second kappa shape index (κ2) is 11.1. The molecule has 140 valence electrons. The van der Waals surface area contributed by atoms with Gasteiger partial charge in [-0.05, 0) is 12.8 Å². The monoisotopic (exact) mass is 361 g/mol. The minimum atomic E-state index is -2.46. The Bertz CT molecular complexity index is 391. The van der Waals surface area contributed by atoms with Gasteiger partial charge in [-0.2, -0.15) is 0 Å². The molecule has 5 nitrogen and oxygen atoms in total. The molecule has 0 N–H and O–H groups in total. The first-order valence-electron chi connectivity index (χ1n) is 8.86. The van der Waals surface area contributed by atoms with Gasteiger partial charge >= 0.3 is 8.25 Å². The van der Waals surface area contributed by atoms with E-state index in [1.165, 1.54) is 0 Å². The van der Waals surface area contributed by atoms with Gasteiger partial charge in [0.05, 0.1) is 0 Å². The molecule has 0 unspecified atom stereocenters. The van der Waals surface area contributed by atoms with E-state index < -0.39 is 19.1 Å². The molecule has 0 rings (SSSR count). The van der Waals surface area contributed by atoms with Crippen molar-refractivity contribution in [3.8, 4) is 0 Å². The highest BCUT2D eigenvalue weighted by atomic mass is 31.1. The maximum Gasteiger partial charge on any atom is 0.698 e. The standard InChI is InChI=1S/C18H34O5P/c1-7-9-11-17(3,4)15(19)13-22-24(21)23-14-16(20)18(5,6)12-10-8-2/h7-14H2,1-6H3/q+1. The Morgan fingerprint density at radius 1 is 0.792 bits per heavy atom. The summed E-state index contributed by atoms with van der Waals surface area (Å²) in [5.41, 5.74) is -0.992. The highest BCUT2D eigenvalue weighted by Crippen LogP contribution is 2.30. The van der Waals surface area contributed by atoms with Crippen molar-refractivity contribution in [3.63, 3.8) is 0 Å². The first-order chi connectivity index (χ1) is 11.1. The number of hydrogen-bond acceptors (Lipinski definition) is 5. The molecule has 0 bridgehead atoms. The summed E-state index contributed by atoms with van der Waals surface area (Å²) in [7, 11) is -2.46. The Morgan fingerprint density at radius 2 is 1.12 bits per heavy atom. The van der Waals surface area contributed by atoms with Crippen LogP contribution in [0.5, 0.6) is 0 Å². The number of hydrogen-bond donors (Lipinski definition) is 0. The SMILES string of the molecule is CCCCC(C)(C)C(=O)CO[P+](=O)OCC(=O)C(C)(C)CCCC. The summed E-state index contributed by atoms with van der Waals surface area (Å²) in [6.45, 7) is 11.1. The summed E-state index contributed by atoms with van der Waals surface area (Å²) in [5, 5.41) is 0. The van der Waals surface area contributed by atoms with Gasteiger partial charge < -0.3 is 0 Å². The van der Waals surface area contributed by atoms with Crippen LogP contribution in [0.15, 0.2) is 0 Å². The van der Waals surface area contributed by atoms with E-state index in [0.717, 1.165) is 38.5 Å². The topological polar surface area (TPSA) is 69.7 Å². The average molecular weight is 361 g/mol. The lowest BCUT2D eigenvalue weighted by atomic mass is 9.83. The van der Waals surface area contributed by atoms with Gasteiger partial charge in [-0.25, -0.2) is 0 Å². The first kappa shape index (κ1) is 23.4. The molecule has 0 amide bonds. The van der Waals surface area contributed by atoms with Crippen LogP contribution in [0.25, 0.3) is 0 Å².